The number of allylic oxidation sites excluding steroid dienone is 4. The fourth-order valence-electron chi connectivity index (χ4n) is 4.31. The van der Waals surface area contributed by atoms with Crippen molar-refractivity contribution in [3.8, 4) is 11.1 Å². The molecule has 0 aliphatic heterocycles. The van der Waals surface area contributed by atoms with Crippen LogP contribution in [0.15, 0.2) is 97.1 Å². The molecule has 0 bridgehead atoms. The molecule has 0 saturated heterocycles. The van der Waals surface area contributed by atoms with Crippen molar-refractivity contribution >= 4 is 4.21 Å². The molecule has 4 aromatic rings. The molecule has 0 N–H and O–H groups in total. The number of hydrogen-bond acceptors (Lipinski definition) is 0. The van der Waals surface area contributed by atoms with Crippen molar-refractivity contribution < 1.29 is 24.2 Å². The predicted molar refractivity (Wildman–Crippen MR) is 180 cm³/mol. The van der Waals surface area contributed by atoms with E-state index in [1.807, 2.05) is 60.7 Å². The summed E-state index contributed by atoms with van der Waals surface area (Å²) in [7, 11) is 0. The normalized spacial score (nSPS) is 12.1. The van der Waals surface area contributed by atoms with Gasteiger partial charge in [-0.3, -0.25) is 6.08 Å². The van der Waals surface area contributed by atoms with E-state index < -0.39 is 0 Å². The Kier molecular flexibility index (Phi) is 14.5. The monoisotopic (exact) mass is 628 g/mol. The average molecular weight is 630 g/mol. The maximum atomic E-state index is 3.67. The molecular weight excluding hydrogens is 584 g/mol. The van der Waals surface area contributed by atoms with Crippen LogP contribution in [0, 0.1) is 38.1 Å². The van der Waals surface area contributed by atoms with Crippen molar-refractivity contribution in [3.05, 3.63) is 155 Å². The first kappa shape index (κ1) is 35.3. The molecule has 0 fully saturated rings. The first-order valence-corrected chi connectivity index (χ1v) is 16.3. The van der Waals surface area contributed by atoms with Crippen molar-refractivity contribution in [1.29, 1.82) is 0 Å². The zero-order chi connectivity index (χ0) is 31.2. The van der Waals surface area contributed by atoms with E-state index in [0.717, 1.165) is 12.8 Å². The number of rotatable bonds is 0. The van der Waals surface area contributed by atoms with Crippen LogP contribution < -0.4 is 0 Å². The van der Waals surface area contributed by atoms with Crippen LogP contribution in [-0.4, -0.2) is 4.21 Å². The van der Waals surface area contributed by atoms with Crippen LogP contribution in [0.1, 0.15) is 81.3 Å². The zero-order valence-corrected chi connectivity index (χ0v) is 29.3. The van der Waals surface area contributed by atoms with E-state index in [0.29, 0.717) is 0 Å². The Morgan fingerprint density at radius 3 is 1.62 bits per heavy atom. The van der Waals surface area contributed by atoms with Crippen LogP contribution in [0.3, 0.4) is 0 Å². The molecule has 1 heteroatoms. The second-order valence-corrected chi connectivity index (χ2v) is 12.5. The number of hydrogen-bond donors (Lipinski definition) is 0. The van der Waals surface area contributed by atoms with E-state index >= 15 is 0 Å². The molecule has 6 rings (SSSR count). The van der Waals surface area contributed by atoms with Crippen LogP contribution in [0.4, 0.5) is 0 Å². The molecule has 2 aliphatic carbocycles. The Hall–Kier alpha value is -2.89. The standard InChI is InChI=1S/C21H25.2C7H7.C5H5.CH2.Zr/c1-20(2,3)16-7-9-18-14(12-16)11-15-13-17(21(4,5)6)8-10-19(15)18;2*1-7-5-3-2-4-6-7;1-2-4-5-3-1;;/h7-10,12H,11H2,1-6H3;2*3-6H,1H3;1-3H,4H2;1H2;/q4*-1;;. The van der Waals surface area contributed by atoms with Crippen LogP contribution in [0.2, 0.25) is 0 Å². The maximum absolute atomic E-state index is 3.67. The summed E-state index contributed by atoms with van der Waals surface area (Å²) >= 11 is 1.30. The molecule has 0 aromatic heterocycles. The van der Waals surface area contributed by atoms with Gasteiger partial charge in [0.2, 0.25) is 0 Å². The Labute approximate surface area is 272 Å². The minimum atomic E-state index is 0.167. The topological polar surface area (TPSA) is 0 Å². The third kappa shape index (κ3) is 11.8. The molecule has 0 heterocycles. The fourth-order valence-corrected chi connectivity index (χ4v) is 4.31. The van der Waals surface area contributed by atoms with Crippen molar-refractivity contribution in [1.82, 2.24) is 0 Å². The summed E-state index contributed by atoms with van der Waals surface area (Å²) in [6, 6.07) is 36.8. The van der Waals surface area contributed by atoms with Gasteiger partial charge in [-0.15, -0.1) is 17.5 Å². The molecule has 0 radical (unpaired) electrons. The molecule has 2 aliphatic rings. The first-order valence-electron chi connectivity index (χ1n) is 14.6. The molecule has 4 aromatic carbocycles. The van der Waals surface area contributed by atoms with Crippen LogP contribution >= 0.6 is 0 Å². The minimum absolute atomic E-state index is 0.167. The Bertz CT molecular complexity index is 1300. The van der Waals surface area contributed by atoms with E-state index in [-0.39, 0.29) is 10.8 Å². The van der Waals surface area contributed by atoms with Gasteiger partial charge >= 0.3 is 28.4 Å². The summed E-state index contributed by atoms with van der Waals surface area (Å²) in [5, 5.41) is 0. The van der Waals surface area contributed by atoms with E-state index in [1.54, 1.807) is 0 Å². The van der Waals surface area contributed by atoms with Gasteiger partial charge in [0, 0.05) is 0 Å². The molecule has 0 nitrogen and oxygen atoms in total. The molecule has 0 atom stereocenters. The van der Waals surface area contributed by atoms with Gasteiger partial charge in [0.25, 0.3) is 0 Å². The van der Waals surface area contributed by atoms with Gasteiger partial charge in [-0.05, 0) is 28.4 Å². The summed E-state index contributed by atoms with van der Waals surface area (Å²) in [4.78, 5) is 0. The second-order valence-electron chi connectivity index (χ2n) is 12.5. The molecular formula is C41H46Zr-4. The summed E-state index contributed by atoms with van der Waals surface area (Å²) in [6.45, 7) is 17.7. The van der Waals surface area contributed by atoms with E-state index in [9.17, 15) is 0 Å². The molecule has 0 spiro atoms. The number of benzene rings is 4. The summed E-state index contributed by atoms with van der Waals surface area (Å²) in [5.74, 6) is 0. The molecule has 42 heavy (non-hydrogen) atoms. The summed E-state index contributed by atoms with van der Waals surface area (Å²) in [5.41, 5.74) is 11.3. The summed E-state index contributed by atoms with van der Waals surface area (Å²) < 4.78 is 3.34. The van der Waals surface area contributed by atoms with E-state index in [1.165, 1.54) is 68.7 Å². The second kappa shape index (κ2) is 17.3. The first-order chi connectivity index (χ1) is 19.9. The molecule has 0 unspecified atom stereocenters. The van der Waals surface area contributed by atoms with Gasteiger partial charge < -0.3 is 0 Å². The van der Waals surface area contributed by atoms with Gasteiger partial charge in [-0.2, -0.15) is 102 Å². The van der Waals surface area contributed by atoms with Gasteiger partial charge in [0.15, 0.2) is 0 Å². The average Bonchev–Trinajstić information content (AvgIpc) is 3.66. The quantitative estimate of drug-likeness (QED) is 0.150. The Morgan fingerprint density at radius 2 is 1.24 bits per heavy atom. The Morgan fingerprint density at radius 1 is 0.690 bits per heavy atom. The van der Waals surface area contributed by atoms with Crippen molar-refractivity contribution in [2.45, 2.75) is 79.1 Å². The third-order valence-electron chi connectivity index (χ3n) is 6.82. The van der Waals surface area contributed by atoms with E-state index in [2.05, 4.69) is 120 Å². The van der Waals surface area contributed by atoms with Crippen LogP contribution in [0.25, 0.3) is 11.1 Å². The molecule has 0 saturated carbocycles. The summed E-state index contributed by atoms with van der Waals surface area (Å²) in [6.07, 6.45) is 11.0. The van der Waals surface area contributed by atoms with Crippen molar-refractivity contribution in [2.75, 3.05) is 0 Å². The molecule has 218 valence electrons. The SMILES string of the molecule is CC(C)(C)c1[c-]c2c(cc1)-c1ccc(C(C)(C)C)cc1C2.Cc1cc[c-]cc1.Cc1cc[c-]cc1.[C-]1=CC=CC1.[CH2]=[Zr]. The van der Waals surface area contributed by atoms with Crippen molar-refractivity contribution in [3.63, 3.8) is 0 Å². The van der Waals surface area contributed by atoms with Gasteiger partial charge in [0.1, 0.15) is 0 Å². The van der Waals surface area contributed by atoms with Crippen LogP contribution in [-0.2, 0) is 41.5 Å². The van der Waals surface area contributed by atoms with Crippen LogP contribution in [0.5, 0.6) is 0 Å². The predicted octanol–water partition coefficient (Wildman–Crippen LogP) is 10.5. The third-order valence-corrected chi connectivity index (χ3v) is 6.82. The van der Waals surface area contributed by atoms with Gasteiger partial charge in [-0.25, -0.2) is 12.2 Å². The zero-order valence-electron chi connectivity index (χ0n) is 26.9. The van der Waals surface area contributed by atoms with Crippen molar-refractivity contribution in [2.24, 2.45) is 0 Å². The van der Waals surface area contributed by atoms with Gasteiger partial charge in [0.05, 0.1) is 0 Å². The number of fused-ring (bicyclic) bond motifs is 3. The number of aryl methyl sites for hydroxylation is 2. The fraction of sp³-hybridized carbons (Fsp3) is 0.293. The van der Waals surface area contributed by atoms with E-state index in [4.69, 9.17) is 0 Å². The molecule has 0 amide bonds. The Balaban J connectivity index is 0.000000237. The van der Waals surface area contributed by atoms with Gasteiger partial charge in [-0.1, -0.05) is 79.2 Å².